The molecule has 12 nitrogen and oxygen atoms in total. The number of nitrogens with one attached hydrogen (secondary N) is 2. The van der Waals surface area contributed by atoms with Crippen molar-refractivity contribution in [1.82, 2.24) is 30.2 Å². The maximum Gasteiger partial charge on any atom is 0.586 e. The van der Waals surface area contributed by atoms with E-state index >= 15 is 0 Å². The van der Waals surface area contributed by atoms with Gasteiger partial charge in [0.25, 0.3) is 17.6 Å². The maximum atomic E-state index is 13.5. The number of hydrogen-bond acceptors (Lipinski definition) is 9. The van der Waals surface area contributed by atoms with Gasteiger partial charge in [0, 0.05) is 18.7 Å². The highest BCUT2D eigenvalue weighted by atomic mass is 19.3. The van der Waals surface area contributed by atoms with Crippen molar-refractivity contribution in [3.8, 4) is 11.5 Å². The van der Waals surface area contributed by atoms with Gasteiger partial charge in [-0.25, -0.2) is 4.98 Å². The summed E-state index contributed by atoms with van der Waals surface area (Å²) in [5.41, 5.74) is 0.522. The number of halogens is 2. The van der Waals surface area contributed by atoms with Crippen molar-refractivity contribution in [3.63, 3.8) is 0 Å². The number of hydrogen-bond donors (Lipinski definition) is 2. The fourth-order valence-corrected chi connectivity index (χ4v) is 6.57. The summed E-state index contributed by atoms with van der Waals surface area (Å²) in [5.74, 6) is -0.960. The van der Waals surface area contributed by atoms with Crippen LogP contribution in [0.25, 0.3) is 5.78 Å². The van der Waals surface area contributed by atoms with Gasteiger partial charge in [0.05, 0.1) is 5.92 Å². The fraction of sp³-hybridized carbons (Fsp3) is 0.448. The highest BCUT2D eigenvalue weighted by Gasteiger charge is 2.47. The summed E-state index contributed by atoms with van der Waals surface area (Å²) in [4.78, 5) is 47.4. The topological polar surface area (TPSA) is 146 Å². The Labute approximate surface area is 244 Å². The summed E-state index contributed by atoms with van der Waals surface area (Å²) in [5, 5.41) is 9.91. The molecular weight excluding hydrogens is 566 g/mol. The van der Waals surface area contributed by atoms with Gasteiger partial charge in [0.2, 0.25) is 0 Å². The van der Waals surface area contributed by atoms with Crippen molar-refractivity contribution in [2.45, 2.75) is 51.5 Å². The van der Waals surface area contributed by atoms with Crippen LogP contribution in [-0.4, -0.2) is 56.3 Å². The normalized spacial score (nSPS) is 25.1. The maximum absolute atomic E-state index is 13.5. The van der Waals surface area contributed by atoms with Crippen LogP contribution in [0.3, 0.4) is 0 Å². The van der Waals surface area contributed by atoms with Crippen LogP contribution in [0.5, 0.6) is 11.5 Å². The number of alkyl halides is 2. The van der Waals surface area contributed by atoms with Gasteiger partial charge in [-0.05, 0) is 61.1 Å². The predicted octanol–water partition coefficient (Wildman–Crippen LogP) is 3.28. The molecule has 14 heteroatoms. The van der Waals surface area contributed by atoms with Crippen molar-refractivity contribution in [2.24, 2.45) is 23.7 Å². The molecule has 43 heavy (non-hydrogen) atoms. The zero-order valence-corrected chi connectivity index (χ0v) is 23.3. The molecule has 0 saturated heterocycles. The molecule has 3 aromatic rings. The van der Waals surface area contributed by atoms with E-state index in [1.165, 1.54) is 35.1 Å². The number of nitrogens with zero attached hydrogens (tertiary/aromatic N) is 4. The van der Waals surface area contributed by atoms with Gasteiger partial charge in [-0.15, -0.1) is 8.78 Å². The number of rotatable bonds is 8. The highest BCUT2D eigenvalue weighted by molar-refractivity contribution is 5.98. The van der Waals surface area contributed by atoms with Gasteiger partial charge in [-0.3, -0.25) is 14.4 Å². The Hall–Kier alpha value is -4.62. The minimum absolute atomic E-state index is 0.0203. The van der Waals surface area contributed by atoms with Crippen LogP contribution in [0, 0.1) is 23.7 Å². The van der Waals surface area contributed by atoms with Crippen LogP contribution < -0.4 is 20.1 Å². The fourth-order valence-electron chi connectivity index (χ4n) is 6.57. The minimum atomic E-state index is -3.74. The molecule has 2 aromatic heterocycles. The van der Waals surface area contributed by atoms with E-state index in [1.54, 1.807) is 6.08 Å². The summed E-state index contributed by atoms with van der Waals surface area (Å²) < 4.78 is 42.1. The van der Waals surface area contributed by atoms with Crippen molar-refractivity contribution in [3.05, 3.63) is 60.2 Å². The van der Waals surface area contributed by atoms with E-state index in [0.29, 0.717) is 12.0 Å². The van der Waals surface area contributed by atoms with E-state index in [-0.39, 0.29) is 77.5 Å². The molecule has 3 aliphatic rings. The first-order valence-electron chi connectivity index (χ1n) is 14.1. The predicted molar refractivity (Wildman–Crippen MR) is 145 cm³/mol. The second-order valence-electron chi connectivity index (χ2n) is 11.1. The Bertz CT molecular complexity index is 1590. The smallest absolute Gasteiger partial charge is 0.461 e. The Balaban J connectivity index is 1.13. The van der Waals surface area contributed by atoms with Gasteiger partial charge in [-0.2, -0.15) is 14.6 Å². The average molecular weight is 597 g/mol. The van der Waals surface area contributed by atoms with Gasteiger partial charge < -0.3 is 24.8 Å². The lowest BCUT2D eigenvalue weighted by Gasteiger charge is -2.38. The molecule has 226 valence electrons. The first-order valence-corrected chi connectivity index (χ1v) is 14.1. The monoisotopic (exact) mass is 596 g/mol. The van der Waals surface area contributed by atoms with E-state index in [4.69, 9.17) is 4.74 Å². The molecule has 0 spiro atoms. The highest BCUT2D eigenvalue weighted by Crippen LogP contribution is 2.48. The van der Waals surface area contributed by atoms with Gasteiger partial charge in [-0.1, -0.05) is 25.6 Å². The van der Waals surface area contributed by atoms with Crippen LogP contribution >= 0.6 is 0 Å². The largest absolute Gasteiger partial charge is 0.586 e. The van der Waals surface area contributed by atoms with E-state index in [1.807, 2.05) is 0 Å². The Morgan fingerprint density at radius 3 is 2.72 bits per heavy atom. The molecule has 2 saturated carbocycles. The number of esters is 1. The molecule has 0 radical (unpaired) electrons. The first-order chi connectivity index (χ1) is 20.6. The first kappa shape index (κ1) is 28.5. The van der Waals surface area contributed by atoms with Gasteiger partial charge in [0.1, 0.15) is 24.3 Å². The molecule has 0 bridgehead atoms. The lowest BCUT2D eigenvalue weighted by Crippen LogP contribution is -2.44. The lowest BCUT2D eigenvalue weighted by atomic mass is 9.68. The van der Waals surface area contributed by atoms with Gasteiger partial charge in [0.15, 0.2) is 11.5 Å². The number of carbonyl (C=O) groups excluding carboxylic acids is 3. The van der Waals surface area contributed by atoms with Crippen LogP contribution in [0.4, 0.5) is 8.78 Å². The summed E-state index contributed by atoms with van der Waals surface area (Å²) in [6.07, 6.45) is 2.17. The van der Waals surface area contributed by atoms with Gasteiger partial charge >= 0.3 is 12.3 Å². The quantitative estimate of drug-likeness (QED) is 0.296. The number of aromatic nitrogens is 4. The van der Waals surface area contributed by atoms with Crippen LogP contribution in [-0.2, 0) is 16.1 Å². The zero-order chi connectivity index (χ0) is 30.3. The number of benzene rings is 1. The summed E-state index contributed by atoms with van der Waals surface area (Å²) in [6, 6.07) is 5.43. The second kappa shape index (κ2) is 11.2. The molecule has 6 rings (SSSR count). The number of amides is 2. The standard InChI is InChI=1S/C29H30F2N6O6/c1-3-10-41-27(40)18-5-6-19-17(15(18)2)7-8-20(19)35-26(39)22-12-21(36-28-33-14-34-37(22)28)25(38)32-13-16-4-9-23-24(11-16)43-29(30,31)42-23/h3-4,9,11-12,14-15,17-20H,1,5-8,10,13H2,2H3,(H,32,38)(H,35,39)/t15?,17?,18-,19+,20-/m0/s1. The molecule has 2 fully saturated rings. The Kier molecular flexibility index (Phi) is 7.44. The second-order valence-corrected chi connectivity index (χ2v) is 11.1. The molecule has 2 amide bonds. The Morgan fingerprint density at radius 2 is 1.91 bits per heavy atom. The molecule has 2 aliphatic carbocycles. The summed E-state index contributed by atoms with van der Waals surface area (Å²) in [7, 11) is 0. The van der Waals surface area contributed by atoms with Crippen molar-refractivity contribution >= 4 is 23.6 Å². The molecule has 1 aliphatic heterocycles. The van der Waals surface area contributed by atoms with Crippen molar-refractivity contribution < 1.29 is 37.4 Å². The summed E-state index contributed by atoms with van der Waals surface area (Å²) in [6.45, 7) is 5.84. The van der Waals surface area contributed by atoms with Crippen molar-refractivity contribution in [1.29, 1.82) is 0 Å². The average Bonchev–Trinajstić information content (AvgIpc) is 3.70. The number of ether oxygens (including phenoxy) is 3. The number of carbonyl (C=O) groups is 3. The number of fused-ring (bicyclic) bond motifs is 3. The molecule has 3 heterocycles. The minimum Gasteiger partial charge on any atom is -0.461 e. The zero-order valence-electron chi connectivity index (χ0n) is 23.3. The van der Waals surface area contributed by atoms with E-state index in [2.05, 4.69) is 48.7 Å². The van der Waals surface area contributed by atoms with E-state index in [0.717, 1.165) is 19.3 Å². The SMILES string of the molecule is C=CCOC(=O)[C@H]1CC[C@@H]2C(CC[C@@H]2NC(=O)c2cc(C(=O)NCc3ccc4c(c3)OC(F)(F)O4)nc3ncnn23)C1C. The molecule has 2 N–H and O–H groups in total. The molecular formula is C29H30F2N6O6. The molecule has 1 aromatic carbocycles. The van der Waals surface area contributed by atoms with Crippen LogP contribution in [0.2, 0.25) is 0 Å². The molecule has 2 unspecified atom stereocenters. The third-order valence-electron chi connectivity index (χ3n) is 8.60. The van der Waals surface area contributed by atoms with E-state index in [9.17, 15) is 23.2 Å². The third kappa shape index (κ3) is 5.60. The van der Waals surface area contributed by atoms with Crippen LogP contribution in [0.15, 0.2) is 43.2 Å². The summed E-state index contributed by atoms with van der Waals surface area (Å²) >= 11 is 0. The van der Waals surface area contributed by atoms with Crippen LogP contribution in [0.1, 0.15) is 59.1 Å². The third-order valence-corrected chi connectivity index (χ3v) is 8.60. The lowest BCUT2D eigenvalue weighted by molar-refractivity contribution is -0.286. The van der Waals surface area contributed by atoms with Crippen molar-refractivity contribution in [2.75, 3.05) is 6.61 Å². The Morgan fingerprint density at radius 1 is 1.12 bits per heavy atom. The van der Waals surface area contributed by atoms with E-state index < -0.39 is 18.1 Å². The molecule has 5 atom stereocenters.